The topological polar surface area (TPSA) is 84.1 Å². The van der Waals surface area contributed by atoms with E-state index < -0.39 is 5.69 Å². The van der Waals surface area contributed by atoms with Crippen molar-refractivity contribution in [2.75, 3.05) is 18.8 Å². The monoisotopic (exact) mass is 252 g/mol. The van der Waals surface area contributed by atoms with Gasteiger partial charge in [0.15, 0.2) is 0 Å². The normalized spacial score (nSPS) is 17.6. The number of H-pyrrole nitrogens is 1. The Morgan fingerprint density at radius 3 is 2.39 bits per heavy atom. The first-order chi connectivity index (χ1) is 8.59. The summed E-state index contributed by atoms with van der Waals surface area (Å²) in [5, 5.41) is 0. The summed E-state index contributed by atoms with van der Waals surface area (Å²) in [7, 11) is 1.57. The van der Waals surface area contributed by atoms with E-state index in [1.54, 1.807) is 7.05 Å². The van der Waals surface area contributed by atoms with E-state index in [0.717, 1.165) is 25.9 Å². The molecule has 0 atom stereocenters. The van der Waals surface area contributed by atoms with Gasteiger partial charge in [-0.05, 0) is 25.9 Å². The summed E-state index contributed by atoms with van der Waals surface area (Å²) in [4.78, 5) is 27.7. The van der Waals surface area contributed by atoms with E-state index in [-0.39, 0.29) is 11.4 Å². The maximum absolute atomic E-state index is 11.8. The zero-order valence-corrected chi connectivity index (χ0v) is 10.7. The van der Waals surface area contributed by atoms with E-state index in [0.29, 0.717) is 12.1 Å². The third-order valence-corrected chi connectivity index (χ3v) is 3.55. The molecule has 6 heteroatoms. The van der Waals surface area contributed by atoms with Crippen LogP contribution in [0.5, 0.6) is 0 Å². The van der Waals surface area contributed by atoms with Gasteiger partial charge in [0.25, 0.3) is 5.56 Å². The molecule has 1 aromatic rings. The summed E-state index contributed by atoms with van der Waals surface area (Å²) in [5.41, 5.74) is 5.53. The van der Waals surface area contributed by atoms with Gasteiger partial charge >= 0.3 is 5.69 Å². The quantitative estimate of drug-likeness (QED) is 0.778. The molecule has 100 valence electrons. The van der Waals surface area contributed by atoms with Crippen LogP contribution in [0.2, 0.25) is 0 Å². The van der Waals surface area contributed by atoms with Crippen molar-refractivity contribution >= 4 is 5.82 Å². The predicted octanol–water partition coefficient (Wildman–Crippen LogP) is 0.0318. The SMILES string of the molecule is Cn1c(N)c(CN2CCCCCC2)c(=O)[nH]c1=O. The second-order valence-corrected chi connectivity index (χ2v) is 4.87. The lowest BCUT2D eigenvalue weighted by Gasteiger charge is -2.20. The molecule has 2 rings (SSSR count). The minimum atomic E-state index is -0.461. The van der Waals surface area contributed by atoms with E-state index in [1.165, 1.54) is 17.4 Å². The molecule has 0 unspecified atom stereocenters. The highest BCUT2D eigenvalue weighted by Crippen LogP contribution is 2.13. The lowest BCUT2D eigenvalue weighted by molar-refractivity contribution is 0.275. The highest BCUT2D eigenvalue weighted by molar-refractivity contribution is 5.37. The average Bonchev–Trinajstić information content (AvgIpc) is 2.60. The molecule has 3 N–H and O–H groups in total. The van der Waals surface area contributed by atoms with Crippen LogP contribution in [0.3, 0.4) is 0 Å². The van der Waals surface area contributed by atoms with Crippen molar-refractivity contribution < 1.29 is 0 Å². The Bertz CT molecular complexity index is 524. The number of nitrogen functional groups attached to an aromatic ring is 1. The molecule has 0 spiro atoms. The fourth-order valence-corrected chi connectivity index (χ4v) is 2.36. The number of likely N-dealkylation sites (tertiary alicyclic amines) is 1. The molecule has 1 aliphatic rings. The van der Waals surface area contributed by atoms with Gasteiger partial charge in [-0.25, -0.2) is 4.79 Å². The van der Waals surface area contributed by atoms with Gasteiger partial charge < -0.3 is 5.73 Å². The van der Waals surface area contributed by atoms with Gasteiger partial charge in [0, 0.05) is 13.6 Å². The molecule has 1 aromatic heterocycles. The summed E-state index contributed by atoms with van der Waals surface area (Å²) < 4.78 is 1.29. The van der Waals surface area contributed by atoms with Crippen LogP contribution < -0.4 is 17.0 Å². The number of hydrogen-bond acceptors (Lipinski definition) is 4. The maximum atomic E-state index is 11.8. The Morgan fingerprint density at radius 1 is 1.17 bits per heavy atom. The van der Waals surface area contributed by atoms with Crippen LogP contribution in [0, 0.1) is 0 Å². The van der Waals surface area contributed by atoms with Gasteiger partial charge in [0.2, 0.25) is 0 Å². The molecule has 0 aromatic carbocycles. The first-order valence-corrected chi connectivity index (χ1v) is 6.39. The van der Waals surface area contributed by atoms with E-state index >= 15 is 0 Å². The van der Waals surface area contributed by atoms with Crippen LogP contribution in [-0.4, -0.2) is 27.5 Å². The lowest BCUT2D eigenvalue weighted by Crippen LogP contribution is -2.36. The van der Waals surface area contributed by atoms with Crippen molar-refractivity contribution in [3.8, 4) is 0 Å². The van der Waals surface area contributed by atoms with Crippen LogP contribution >= 0.6 is 0 Å². The molecule has 1 aliphatic heterocycles. The molecule has 0 saturated carbocycles. The Hall–Kier alpha value is -1.56. The molecule has 1 saturated heterocycles. The molecule has 18 heavy (non-hydrogen) atoms. The lowest BCUT2D eigenvalue weighted by atomic mass is 10.2. The Morgan fingerprint density at radius 2 is 1.78 bits per heavy atom. The van der Waals surface area contributed by atoms with Crippen molar-refractivity contribution in [2.24, 2.45) is 7.05 Å². The van der Waals surface area contributed by atoms with E-state index in [4.69, 9.17) is 5.73 Å². The second-order valence-electron chi connectivity index (χ2n) is 4.87. The second kappa shape index (κ2) is 5.39. The number of hydrogen-bond donors (Lipinski definition) is 2. The molecule has 1 fully saturated rings. The van der Waals surface area contributed by atoms with Crippen LogP contribution in [0.1, 0.15) is 31.2 Å². The van der Waals surface area contributed by atoms with Gasteiger partial charge in [-0.1, -0.05) is 12.8 Å². The van der Waals surface area contributed by atoms with E-state index in [9.17, 15) is 9.59 Å². The molecule has 6 nitrogen and oxygen atoms in total. The zero-order chi connectivity index (χ0) is 13.1. The molecule has 0 aliphatic carbocycles. The fraction of sp³-hybridized carbons (Fsp3) is 0.667. The smallest absolute Gasteiger partial charge is 0.329 e. The van der Waals surface area contributed by atoms with Crippen molar-refractivity contribution in [3.05, 3.63) is 26.4 Å². The van der Waals surface area contributed by atoms with Crippen LogP contribution in [0.15, 0.2) is 9.59 Å². The minimum Gasteiger partial charge on any atom is -0.385 e. The fourth-order valence-electron chi connectivity index (χ4n) is 2.36. The molecule has 2 heterocycles. The number of nitrogens with zero attached hydrogens (tertiary/aromatic N) is 2. The van der Waals surface area contributed by atoms with Crippen molar-refractivity contribution in [2.45, 2.75) is 32.2 Å². The first kappa shape index (κ1) is 12.9. The van der Waals surface area contributed by atoms with E-state index in [1.807, 2.05) is 0 Å². The minimum absolute atomic E-state index is 0.271. The van der Waals surface area contributed by atoms with Gasteiger partial charge in [-0.15, -0.1) is 0 Å². The van der Waals surface area contributed by atoms with Gasteiger partial charge in [0.05, 0.1) is 5.56 Å². The van der Waals surface area contributed by atoms with Crippen molar-refractivity contribution in [3.63, 3.8) is 0 Å². The van der Waals surface area contributed by atoms with E-state index in [2.05, 4.69) is 9.88 Å². The van der Waals surface area contributed by atoms with Crippen molar-refractivity contribution in [1.29, 1.82) is 0 Å². The van der Waals surface area contributed by atoms with Gasteiger partial charge in [-0.2, -0.15) is 0 Å². The van der Waals surface area contributed by atoms with Crippen LogP contribution in [0.25, 0.3) is 0 Å². The Labute approximate surface area is 105 Å². The average molecular weight is 252 g/mol. The summed E-state index contributed by atoms with van der Waals surface area (Å²) in [6.07, 6.45) is 4.80. The maximum Gasteiger partial charge on any atom is 0.329 e. The summed E-state index contributed by atoms with van der Waals surface area (Å²) in [6.45, 7) is 2.50. The molecule has 0 amide bonds. The predicted molar refractivity (Wildman–Crippen MR) is 70.5 cm³/mol. The molecule has 0 bridgehead atoms. The summed E-state index contributed by atoms with van der Waals surface area (Å²) in [5.74, 6) is 0.271. The summed E-state index contributed by atoms with van der Waals surface area (Å²) in [6, 6.07) is 0. The van der Waals surface area contributed by atoms with Gasteiger partial charge in [0.1, 0.15) is 5.82 Å². The molecular formula is C12H20N4O2. The number of nitrogens with one attached hydrogen (secondary N) is 1. The Balaban J connectivity index is 2.25. The number of rotatable bonds is 2. The van der Waals surface area contributed by atoms with Crippen molar-refractivity contribution in [1.82, 2.24) is 14.5 Å². The number of nitrogens with two attached hydrogens (primary N) is 1. The number of anilines is 1. The number of aromatic amines is 1. The van der Waals surface area contributed by atoms with Crippen LogP contribution in [-0.2, 0) is 13.6 Å². The highest BCUT2D eigenvalue weighted by atomic mass is 16.2. The Kier molecular flexibility index (Phi) is 3.86. The van der Waals surface area contributed by atoms with Gasteiger partial charge in [-0.3, -0.25) is 19.2 Å². The largest absolute Gasteiger partial charge is 0.385 e. The molecule has 0 radical (unpaired) electrons. The third kappa shape index (κ3) is 2.64. The summed E-state index contributed by atoms with van der Waals surface area (Å²) >= 11 is 0. The molecular weight excluding hydrogens is 232 g/mol. The zero-order valence-electron chi connectivity index (χ0n) is 10.7. The third-order valence-electron chi connectivity index (χ3n) is 3.55. The number of aromatic nitrogens is 2. The highest BCUT2D eigenvalue weighted by Gasteiger charge is 2.15. The van der Waals surface area contributed by atoms with Crippen LogP contribution in [0.4, 0.5) is 5.82 Å². The first-order valence-electron chi connectivity index (χ1n) is 6.39. The standard InChI is InChI=1S/C12H20N4O2/c1-15-10(13)9(11(17)14-12(15)18)8-16-6-4-2-3-5-7-16/h2-8,13H2,1H3,(H,14,17,18).